The number of amides is 1. The van der Waals surface area contributed by atoms with Crippen LogP contribution in [0.15, 0.2) is 60.5 Å². The van der Waals surface area contributed by atoms with Gasteiger partial charge in [-0.3, -0.25) is 4.79 Å². The van der Waals surface area contributed by atoms with Crippen molar-refractivity contribution in [1.82, 2.24) is 0 Å². The maximum Gasteiger partial charge on any atom is 0.256 e. The van der Waals surface area contributed by atoms with E-state index in [1.807, 2.05) is 17.5 Å². The number of thiophene rings is 1. The molecule has 0 atom stereocenters. The van der Waals surface area contributed by atoms with Crippen LogP contribution in [0.5, 0.6) is 0 Å². The molecule has 1 heterocycles. The van der Waals surface area contributed by atoms with Gasteiger partial charge in [0.25, 0.3) is 5.91 Å². The van der Waals surface area contributed by atoms with Crippen molar-refractivity contribution in [1.29, 1.82) is 0 Å². The minimum atomic E-state index is -0.305. The lowest BCUT2D eigenvalue weighted by molar-refractivity contribution is 0.102. The molecule has 4 radical (unpaired) electrons. The molecule has 0 unspecified atom stereocenters. The molecule has 0 aliphatic carbocycles. The first kappa shape index (κ1) is 17.1. The summed E-state index contributed by atoms with van der Waals surface area (Å²) in [5, 5.41) is 15.2. The van der Waals surface area contributed by atoms with E-state index in [0.717, 1.165) is 11.1 Å². The van der Waals surface area contributed by atoms with Gasteiger partial charge in [-0.1, -0.05) is 60.0 Å². The van der Waals surface area contributed by atoms with Crippen LogP contribution in [0.2, 0.25) is 0 Å². The summed E-state index contributed by atoms with van der Waals surface area (Å²) in [6.45, 7) is 3.62. The van der Waals surface area contributed by atoms with Crippen molar-refractivity contribution in [3.05, 3.63) is 71.6 Å². The van der Waals surface area contributed by atoms with Gasteiger partial charge in [0.2, 0.25) is 0 Å². The largest absolute Gasteiger partial charge is 0.508 e. The molecule has 2 aromatic carbocycles. The van der Waals surface area contributed by atoms with E-state index in [1.54, 1.807) is 36.4 Å². The number of aliphatic hydroxyl groups is 1. The van der Waals surface area contributed by atoms with Crippen molar-refractivity contribution in [2.45, 2.75) is 0 Å². The lowest BCUT2D eigenvalue weighted by Crippen LogP contribution is -2.14. The Kier molecular flexibility index (Phi) is 4.81. The van der Waals surface area contributed by atoms with Crippen LogP contribution in [-0.4, -0.2) is 26.7 Å². The standard InChI is InChI=1S/C19H13B2NO2S/c1-11(23)17-16(12-5-7-14(20)8-6-12)10-25-19(17)22-18(24)13-3-2-4-15(21)9-13/h2-10,23H,1H2,(H,22,24). The molecule has 0 bridgehead atoms. The highest BCUT2D eigenvalue weighted by Crippen LogP contribution is 2.38. The third-order valence-electron chi connectivity index (χ3n) is 3.68. The SMILES string of the molecule is [B]c1ccc(-c2csc(NC(=O)c3cccc([B])c3)c2C(=C)O)cc1. The Hall–Kier alpha value is -2.72. The molecule has 118 valence electrons. The van der Waals surface area contributed by atoms with Gasteiger partial charge in [-0.15, -0.1) is 11.3 Å². The molecule has 1 aromatic heterocycles. The molecule has 2 N–H and O–H groups in total. The molecule has 0 saturated heterocycles. The Morgan fingerprint density at radius 1 is 1.08 bits per heavy atom. The lowest BCUT2D eigenvalue weighted by atomic mass is 9.93. The van der Waals surface area contributed by atoms with Gasteiger partial charge in [0, 0.05) is 16.5 Å². The quantitative estimate of drug-likeness (QED) is 0.566. The van der Waals surface area contributed by atoms with Crippen LogP contribution in [0, 0.1) is 0 Å². The van der Waals surface area contributed by atoms with E-state index < -0.39 is 0 Å². The first-order valence-corrected chi connectivity index (χ1v) is 8.36. The lowest BCUT2D eigenvalue weighted by Gasteiger charge is -2.09. The predicted octanol–water partition coefficient (Wildman–Crippen LogP) is 2.78. The van der Waals surface area contributed by atoms with Crippen molar-refractivity contribution in [3.8, 4) is 11.1 Å². The molecule has 0 aliphatic heterocycles. The molecule has 3 aromatic rings. The Balaban J connectivity index is 1.96. The minimum Gasteiger partial charge on any atom is -0.508 e. The zero-order chi connectivity index (χ0) is 18.0. The highest BCUT2D eigenvalue weighted by molar-refractivity contribution is 7.15. The third kappa shape index (κ3) is 3.69. The van der Waals surface area contributed by atoms with Crippen LogP contribution in [-0.2, 0) is 0 Å². The monoisotopic (exact) mass is 341 g/mol. The molecule has 3 nitrogen and oxygen atoms in total. The van der Waals surface area contributed by atoms with Gasteiger partial charge in [-0.05, 0) is 11.6 Å². The molecule has 25 heavy (non-hydrogen) atoms. The molecule has 3 rings (SSSR count). The summed E-state index contributed by atoms with van der Waals surface area (Å²) in [4.78, 5) is 12.4. The second kappa shape index (κ2) is 7.03. The molecular formula is C19H13B2NO2S. The van der Waals surface area contributed by atoms with Gasteiger partial charge in [-0.2, -0.15) is 0 Å². The van der Waals surface area contributed by atoms with Gasteiger partial charge in [0.05, 0.1) is 5.56 Å². The van der Waals surface area contributed by atoms with Crippen LogP contribution in [0.3, 0.4) is 0 Å². The van der Waals surface area contributed by atoms with Gasteiger partial charge in [0.1, 0.15) is 26.5 Å². The Labute approximate surface area is 152 Å². The number of anilines is 1. The zero-order valence-electron chi connectivity index (χ0n) is 13.3. The number of carbonyl (C=O) groups excluding carboxylic acids is 1. The Bertz CT molecular complexity index is 948. The Morgan fingerprint density at radius 3 is 2.44 bits per heavy atom. The van der Waals surface area contributed by atoms with Gasteiger partial charge >= 0.3 is 0 Å². The molecule has 0 saturated carbocycles. The van der Waals surface area contributed by atoms with Crippen LogP contribution in [0.1, 0.15) is 15.9 Å². The first-order valence-electron chi connectivity index (χ1n) is 7.48. The number of benzene rings is 2. The highest BCUT2D eigenvalue weighted by Gasteiger charge is 2.18. The van der Waals surface area contributed by atoms with Gasteiger partial charge in [0.15, 0.2) is 0 Å². The number of hydrogen-bond donors (Lipinski definition) is 2. The highest BCUT2D eigenvalue weighted by atomic mass is 32.1. The van der Waals surface area contributed by atoms with Crippen LogP contribution in [0.4, 0.5) is 5.00 Å². The van der Waals surface area contributed by atoms with Crippen LogP contribution < -0.4 is 16.2 Å². The van der Waals surface area contributed by atoms with Crippen molar-refractivity contribution in [2.24, 2.45) is 0 Å². The van der Waals surface area contributed by atoms with Crippen molar-refractivity contribution >= 4 is 54.6 Å². The summed E-state index contributed by atoms with van der Waals surface area (Å²) in [5.74, 6) is -0.420. The smallest absolute Gasteiger partial charge is 0.256 e. The molecule has 0 aliphatic rings. The molecular weight excluding hydrogens is 328 g/mol. The van der Waals surface area contributed by atoms with Crippen LogP contribution in [0.25, 0.3) is 16.9 Å². The summed E-state index contributed by atoms with van der Waals surface area (Å²) < 4.78 is 0. The molecule has 0 spiro atoms. The van der Waals surface area contributed by atoms with E-state index in [9.17, 15) is 9.90 Å². The summed E-state index contributed by atoms with van der Waals surface area (Å²) >= 11 is 1.32. The Morgan fingerprint density at radius 2 is 1.80 bits per heavy atom. The average molecular weight is 341 g/mol. The fraction of sp³-hybridized carbons (Fsp3) is 0. The second-order valence-electron chi connectivity index (χ2n) is 5.50. The topological polar surface area (TPSA) is 49.3 Å². The fourth-order valence-corrected chi connectivity index (χ4v) is 3.45. The summed E-state index contributed by atoms with van der Waals surface area (Å²) in [5.41, 5.74) is 3.75. The predicted molar refractivity (Wildman–Crippen MR) is 107 cm³/mol. The number of hydrogen-bond acceptors (Lipinski definition) is 3. The maximum absolute atomic E-state index is 12.4. The fourth-order valence-electron chi connectivity index (χ4n) is 2.47. The third-order valence-corrected chi connectivity index (χ3v) is 4.57. The molecule has 6 heteroatoms. The number of rotatable bonds is 4. The normalized spacial score (nSPS) is 10.4. The van der Waals surface area contributed by atoms with Crippen molar-refractivity contribution < 1.29 is 9.90 Å². The summed E-state index contributed by atoms with van der Waals surface area (Å²) in [6, 6.07) is 14.0. The molecule has 1 amide bonds. The summed E-state index contributed by atoms with van der Waals surface area (Å²) in [6.07, 6.45) is 0. The van der Waals surface area contributed by atoms with E-state index in [2.05, 4.69) is 11.9 Å². The average Bonchev–Trinajstić information content (AvgIpc) is 2.99. The van der Waals surface area contributed by atoms with Crippen molar-refractivity contribution in [2.75, 3.05) is 5.32 Å². The number of aliphatic hydroxyl groups excluding tert-OH is 1. The number of carbonyl (C=O) groups is 1. The first-order chi connectivity index (χ1) is 12.0. The summed E-state index contributed by atoms with van der Waals surface area (Å²) in [7, 11) is 11.4. The molecule has 0 fully saturated rings. The van der Waals surface area contributed by atoms with E-state index in [0.29, 0.717) is 27.1 Å². The maximum atomic E-state index is 12.4. The van der Waals surface area contributed by atoms with E-state index >= 15 is 0 Å². The van der Waals surface area contributed by atoms with Gasteiger partial charge < -0.3 is 10.4 Å². The zero-order valence-corrected chi connectivity index (χ0v) is 14.1. The van der Waals surface area contributed by atoms with E-state index in [4.69, 9.17) is 15.7 Å². The minimum absolute atomic E-state index is 0.115. The van der Waals surface area contributed by atoms with Gasteiger partial charge in [-0.25, -0.2) is 0 Å². The van der Waals surface area contributed by atoms with Crippen molar-refractivity contribution in [3.63, 3.8) is 0 Å². The van der Waals surface area contributed by atoms with E-state index in [1.165, 1.54) is 11.3 Å². The second-order valence-corrected chi connectivity index (χ2v) is 6.38. The number of nitrogens with one attached hydrogen (secondary N) is 1. The van der Waals surface area contributed by atoms with Crippen LogP contribution >= 0.6 is 11.3 Å². The van der Waals surface area contributed by atoms with E-state index in [-0.39, 0.29) is 11.7 Å².